The van der Waals surface area contributed by atoms with Gasteiger partial charge < -0.3 is 5.73 Å². The summed E-state index contributed by atoms with van der Waals surface area (Å²) in [4.78, 5) is 9.83. The molecule has 0 atom stereocenters. The van der Waals surface area contributed by atoms with E-state index in [4.69, 9.17) is 11.6 Å². The summed E-state index contributed by atoms with van der Waals surface area (Å²) in [5.74, 6) is 5.19. The SMILES string of the molecule is CC(C)C/C(N)=C/N(N)c1ccc(F)c([N+](=O)[O-])c1. The Hall–Kier alpha value is -2.15. The summed E-state index contributed by atoms with van der Waals surface area (Å²) in [6.07, 6.45) is 2.12. The highest BCUT2D eigenvalue weighted by Gasteiger charge is 2.15. The quantitative estimate of drug-likeness (QED) is 0.485. The molecule has 104 valence electrons. The maximum absolute atomic E-state index is 13.2. The van der Waals surface area contributed by atoms with Crippen LogP contribution in [-0.4, -0.2) is 4.92 Å². The highest BCUT2D eigenvalue weighted by atomic mass is 19.1. The maximum atomic E-state index is 13.2. The average molecular weight is 268 g/mol. The van der Waals surface area contributed by atoms with Crippen LogP contribution in [0.1, 0.15) is 20.3 Å². The van der Waals surface area contributed by atoms with Gasteiger partial charge in [0.15, 0.2) is 0 Å². The zero-order chi connectivity index (χ0) is 14.6. The van der Waals surface area contributed by atoms with Crippen molar-refractivity contribution < 1.29 is 9.31 Å². The third kappa shape index (κ3) is 4.22. The maximum Gasteiger partial charge on any atom is 0.306 e. The van der Waals surface area contributed by atoms with Crippen LogP contribution in [0.25, 0.3) is 0 Å². The number of hydrogen-bond acceptors (Lipinski definition) is 5. The van der Waals surface area contributed by atoms with Crippen LogP contribution < -0.4 is 16.6 Å². The fourth-order valence-corrected chi connectivity index (χ4v) is 1.58. The van der Waals surface area contributed by atoms with Crippen LogP contribution in [0.15, 0.2) is 30.1 Å². The van der Waals surface area contributed by atoms with Crippen LogP contribution >= 0.6 is 0 Å². The molecule has 0 unspecified atom stereocenters. The molecular formula is C12H17FN4O2. The van der Waals surface area contributed by atoms with E-state index >= 15 is 0 Å². The zero-order valence-corrected chi connectivity index (χ0v) is 10.8. The lowest BCUT2D eigenvalue weighted by Gasteiger charge is -2.15. The summed E-state index contributed by atoms with van der Waals surface area (Å²) < 4.78 is 13.2. The molecule has 0 amide bonds. The van der Waals surface area contributed by atoms with Crippen molar-refractivity contribution in [2.45, 2.75) is 20.3 Å². The lowest BCUT2D eigenvalue weighted by Crippen LogP contribution is -2.26. The molecule has 0 aliphatic rings. The van der Waals surface area contributed by atoms with Crippen molar-refractivity contribution in [3.63, 3.8) is 0 Å². The van der Waals surface area contributed by atoms with Crippen molar-refractivity contribution in [1.29, 1.82) is 0 Å². The predicted molar refractivity (Wildman–Crippen MR) is 71.4 cm³/mol. The normalized spacial score (nSPS) is 11.7. The minimum absolute atomic E-state index is 0.291. The molecule has 0 aromatic heterocycles. The molecule has 0 fully saturated rings. The Labute approximate surface area is 110 Å². The number of nitro benzene ring substituents is 1. The van der Waals surface area contributed by atoms with E-state index in [0.717, 1.165) is 17.1 Å². The lowest BCUT2D eigenvalue weighted by atomic mass is 10.1. The molecule has 0 radical (unpaired) electrons. The van der Waals surface area contributed by atoms with E-state index in [2.05, 4.69) is 0 Å². The van der Waals surface area contributed by atoms with Crippen molar-refractivity contribution >= 4 is 11.4 Å². The summed E-state index contributed by atoms with van der Waals surface area (Å²) in [6, 6.07) is 3.41. The van der Waals surface area contributed by atoms with Crippen LogP contribution in [0.3, 0.4) is 0 Å². The van der Waals surface area contributed by atoms with Gasteiger partial charge in [-0.1, -0.05) is 13.8 Å². The van der Waals surface area contributed by atoms with Gasteiger partial charge in [-0.3, -0.25) is 15.1 Å². The van der Waals surface area contributed by atoms with Crippen molar-refractivity contribution in [3.8, 4) is 0 Å². The molecule has 1 aromatic carbocycles. The number of benzene rings is 1. The minimum atomic E-state index is -0.902. The first kappa shape index (κ1) is 14.9. The molecule has 0 bridgehead atoms. The standard InChI is InChI=1S/C12H17FN4O2/c1-8(2)5-9(14)7-16(15)10-3-4-11(13)12(6-10)17(18)19/h3-4,6-8H,5,14-15H2,1-2H3/b9-7-. The second-order valence-corrected chi connectivity index (χ2v) is 4.60. The predicted octanol–water partition coefficient (Wildman–Crippen LogP) is 2.26. The van der Waals surface area contributed by atoms with Crippen molar-refractivity contribution in [2.24, 2.45) is 17.5 Å². The molecule has 1 aromatic rings. The first-order valence-electron chi connectivity index (χ1n) is 5.75. The smallest absolute Gasteiger partial charge is 0.306 e. The van der Waals surface area contributed by atoms with E-state index in [0.29, 0.717) is 23.7 Å². The Bertz CT molecular complexity index is 503. The third-order valence-corrected chi connectivity index (χ3v) is 2.37. The summed E-state index contributed by atoms with van der Waals surface area (Å²) in [5.41, 5.74) is 5.99. The molecular weight excluding hydrogens is 251 g/mol. The van der Waals surface area contributed by atoms with Gasteiger partial charge in [0.2, 0.25) is 5.82 Å². The van der Waals surface area contributed by atoms with Gasteiger partial charge in [0.1, 0.15) is 0 Å². The van der Waals surface area contributed by atoms with Crippen LogP contribution in [0.2, 0.25) is 0 Å². The Morgan fingerprint density at radius 1 is 1.58 bits per heavy atom. The number of anilines is 1. The highest BCUT2D eigenvalue weighted by molar-refractivity contribution is 5.54. The number of nitrogens with two attached hydrogens (primary N) is 2. The van der Waals surface area contributed by atoms with E-state index < -0.39 is 16.4 Å². The van der Waals surface area contributed by atoms with Crippen LogP contribution in [0.5, 0.6) is 0 Å². The molecule has 0 aliphatic carbocycles. The second kappa shape index (κ2) is 6.14. The number of hydrazine groups is 1. The fraction of sp³-hybridized carbons (Fsp3) is 0.333. The summed E-state index contributed by atoms with van der Waals surface area (Å²) in [7, 11) is 0. The van der Waals surface area contributed by atoms with E-state index in [-0.39, 0.29) is 0 Å². The molecule has 0 saturated carbocycles. The molecule has 0 aliphatic heterocycles. The number of hydrogen-bond donors (Lipinski definition) is 2. The fourth-order valence-electron chi connectivity index (χ4n) is 1.58. The topological polar surface area (TPSA) is 98.4 Å². The van der Waals surface area contributed by atoms with E-state index in [1.807, 2.05) is 13.8 Å². The van der Waals surface area contributed by atoms with E-state index in [9.17, 15) is 14.5 Å². The van der Waals surface area contributed by atoms with Gasteiger partial charge in [0.25, 0.3) is 0 Å². The zero-order valence-electron chi connectivity index (χ0n) is 10.8. The molecule has 0 saturated heterocycles. The summed E-state index contributed by atoms with van der Waals surface area (Å²) in [5, 5.41) is 11.8. The largest absolute Gasteiger partial charge is 0.401 e. The van der Waals surface area contributed by atoms with Gasteiger partial charge in [-0.25, -0.2) is 5.84 Å². The second-order valence-electron chi connectivity index (χ2n) is 4.60. The van der Waals surface area contributed by atoms with E-state index in [1.165, 1.54) is 12.3 Å². The summed E-state index contributed by atoms with van der Waals surface area (Å²) in [6.45, 7) is 4.01. The van der Waals surface area contributed by atoms with Crippen molar-refractivity contribution in [3.05, 3.63) is 46.0 Å². The number of nitrogens with zero attached hydrogens (tertiary/aromatic N) is 2. The van der Waals surface area contributed by atoms with Gasteiger partial charge in [-0.2, -0.15) is 4.39 Å². The monoisotopic (exact) mass is 268 g/mol. The average Bonchev–Trinajstić information content (AvgIpc) is 2.27. The number of rotatable bonds is 5. The van der Waals surface area contributed by atoms with Crippen molar-refractivity contribution in [2.75, 3.05) is 5.01 Å². The van der Waals surface area contributed by atoms with Gasteiger partial charge in [-0.15, -0.1) is 0 Å². The lowest BCUT2D eigenvalue weighted by molar-refractivity contribution is -0.387. The molecule has 6 nitrogen and oxygen atoms in total. The first-order chi connectivity index (χ1) is 8.81. The van der Waals surface area contributed by atoms with Gasteiger partial charge in [-0.05, 0) is 24.5 Å². The third-order valence-electron chi connectivity index (χ3n) is 2.37. The number of nitro groups is 1. The number of halogens is 1. The Balaban J connectivity index is 2.97. The molecule has 7 heteroatoms. The van der Waals surface area contributed by atoms with Gasteiger partial charge in [0.05, 0.1) is 10.6 Å². The molecule has 4 N–H and O–H groups in total. The first-order valence-corrected chi connectivity index (χ1v) is 5.75. The minimum Gasteiger partial charge on any atom is -0.401 e. The Morgan fingerprint density at radius 3 is 2.74 bits per heavy atom. The van der Waals surface area contributed by atoms with Gasteiger partial charge >= 0.3 is 5.69 Å². The summed E-state index contributed by atoms with van der Waals surface area (Å²) >= 11 is 0. The molecule has 0 heterocycles. The Morgan fingerprint density at radius 2 is 2.21 bits per heavy atom. The number of allylic oxidation sites excluding steroid dienone is 1. The molecule has 0 spiro atoms. The van der Waals surface area contributed by atoms with E-state index in [1.54, 1.807) is 0 Å². The molecule has 1 rings (SSSR count). The van der Waals surface area contributed by atoms with Gasteiger partial charge in [0, 0.05) is 18.0 Å². The van der Waals surface area contributed by atoms with Crippen LogP contribution in [-0.2, 0) is 0 Å². The van der Waals surface area contributed by atoms with Crippen molar-refractivity contribution in [1.82, 2.24) is 0 Å². The van der Waals surface area contributed by atoms with Crippen LogP contribution in [0, 0.1) is 21.8 Å². The molecule has 19 heavy (non-hydrogen) atoms. The van der Waals surface area contributed by atoms with Crippen LogP contribution in [0.4, 0.5) is 15.8 Å². The highest BCUT2D eigenvalue weighted by Crippen LogP contribution is 2.23. The Kier molecular flexibility index (Phi) is 4.82.